The molecule has 0 fully saturated rings. The van der Waals surface area contributed by atoms with Gasteiger partial charge in [0.2, 0.25) is 0 Å². The number of nitro groups is 1. The second-order valence-corrected chi connectivity index (χ2v) is 5.21. The first-order valence-corrected chi connectivity index (χ1v) is 6.79. The molecule has 22 heavy (non-hydrogen) atoms. The Bertz CT molecular complexity index is 687. The van der Waals surface area contributed by atoms with Crippen molar-refractivity contribution < 1.29 is 22.8 Å². The van der Waals surface area contributed by atoms with E-state index in [4.69, 9.17) is 4.74 Å². The molecule has 4 nitrogen and oxygen atoms in total. The second kappa shape index (κ2) is 6.35. The summed E-state index contributed by atoms with van der Waals surface area (Å²) in [6.45, 7) is -0.00208. The molecular weight excluding hydrogens is 367 g/mol. The molecule has 0 aromatic heterocycles. The van der Waals surface area contributed by atoms with Crippen LogP contribution in [0.2, 0.25) is 0 Å². The fourth-order valence-electron chi connectivity index (χ4n) is 1.67. The largest absolute Gasteiger partial charge is 0.487 e. The third-order valence-electron chi connectivity index (χ3n) is 2.80. The standard InChI is InChI=1S/C14H9BrF3NO3/c15-12-6-5-11(19(20)21)7-13(12)22-8-9-1-3-10(4-2-9)14(16,17)18/h1-7H,8H2. The normalized spacial score (nSPS) is 11.3. The highest BCUT2D eigenvalue weighted by atomic mass is 79.9. The van der Waals surface area contributed by atoms with Crippen LogP contribution in [0.3, 0.4) is 0 Å². The Labute approximate surface area is 131 Å². The molecular formula is C14H9BrF3NO3. The summed E-state index contributed by atoms with van der Waals surface area (Å²) in [4.78, 5) is 10.1. The summed E-state index contributed by atoms with van der Waals surface area (Å²) in [5, 5.41) is 10.7. The first-order valence-electron chi connectivity index (χ1n) is 6.00. The number of alkyl halides is 3. The first-order chi connectivity index (χ1) is 10.3. The van der Waals surface area contributed by atoms with Crippen LogP contribution in [0.25, 0.3) is 0 Å². The van der Waals surface area contributed by atoms with E-state index in [9.17, 15) is 23.3 Å². The first kappa shape index (κ1) is 16.3. The van der Waals surface area contributed by atoms with Gasteiger partial charge in [0.15, 0.2) is 0 Å². The molecule has 0 radical (unpaired) electrons. The number of benzene rings is 2. The van der Waals surface area contributed by atoms with Gasteiger partial charge in [-0.3, -0.25) is 10.1 Å². The number of hydrogen-bond donors (Lipinski definition) is 0. The lowest BCUT2D eigenvalue weighted by Gasteiger charge is -2.10. The number of halogens is 4. The van der Waals surface area contributed by atoms with Crippen molar-refractivity contribution in [3.63, 3.8) is 0 Å². The van der Waals surface area contributed by atoms with Crippen LogP contribution in [-0.2, 0) is 12.8 Å². The Morgan fingerprint density at radius 2 is 1.77 bits per heavy atom. The molecule has 116 valence electrons. The quantitative estimate of drug-likeness (QED) is 0.560. The Hall–Kier alpha value is -2.09. The van der Waals surface area contributed by atoms with E-state index in [1.54, 1.807) is 0 Å². The number of nitro benzene ring substituents is 1. The zero-order valence-corrected chi connectivity index (χ0v) is 12.5. The number of rotatable bonds is 4. The van der Waals surface area contributed by atoms with Crippen LogP contribution >= 0.6 is 15.9 Å². The molecule has 2 rings (SSSR count). The van der Waals surface area contributed by atoms with Crippen molar-refractivity contribution in [2.45, 2.75) is 12.8 Å². The van der Waals surface area contributed by atoms with Crippen LogP contribution in [0, 0.1) is 10.1 Å². The molecule has 2 aromatic rings. The summed E-state index contributed by atoms with van der Waals surface area (Å²) < 4.78 is 43.3. The highest BCUT2D eigenvalue weighted by molar-refractivity contribution is 9.10. The van der Waals surface area contributed by atoms with Gasteiger partial charge in [-0.15, -0.1) is 0 Å². The third-order valence-corrected chi connectivity index (χ3v) is 3.46. The minimum absolute atomic E-state index is 0.00208. The van der Waals surface area contributed by atoms with Gasteiger partial charge in [0, 0.05) is 6.07 Å². The maximum absolute atomic E-state index is 12.4. The molecule has 0 amide bonds. The van der Waals surface area contributed by atoms with E-state index in [1.165, 1.54) is 30.3 Å². The van der Waals surface area contributed by atoms with E-state index >= 15 is 0 Å². The maximum atomic E-state index is 12.4. The highest BCUT2D eigenvalue weighted by Crippen LogP contribution is 2.31. The number of non-ortho nitro benzene ring substituents is 1. The van der Waals surface area contributed by atoms with E-state index < -0.39 is 16.7 Å². The average molecular weight is 376 g/mol. The van der Waals surface area contributed by atoms with Gasteiger partial charge in [0.05, 0.1) is 21.0 Å². The lowest BCUT2D eigenvalue weighted by Crippen LogP contribution is -2.05. The van der Waals surface area contributed by atoms with Crippen LogP contribution in [0.4, 0.5) is 18.9 Å². The zero-order chi connectivity index (χ0) is 16.3. The summed E-state index contributed by atoms with van der Waals surface area (Å²) >= 11 is 3.19. The smallest absolute Gasteiger partial charge is 0.416 e. The minimum atomic E-state index is -4.39. The highest BCUT2D eigenvalue weighted by Gasteiger charge is 2.29. The van der Waals surface area contributed by atoms with Crippen molar-refractivity contribution in [1.82, 2.24) is 0 Å². The third kappa shape index (κ3) is 3.97. The second-order valence-electron chi connectivity index (χ2n) is 4.36. The Morgan fingerprint density at radius 3 is 2.32 bits per heavy atom. The summed E-state index contributed by atoms with van der Waals surface area (Å²) in [6.07, 6.45) is -4.39. The number of ether oxygens (including phenoxy) is 1. The van der Waals surface area contributed by atoms with Gasteiger partial charge >= 0.3 is 6.18 Å². The van der Waals surface area contributed by atoms with Crippen molar-refractivity contribution >= 4 is 21.6 Å². The monoisotopic (exact) mass is 375 g/mol. The molecule has 0 unspecified atom stereocenters. The van der Waals surface area contributed by atoms with Crippen LogP contribution in [0.5, 0.6) is 5.75 Å². The van der Waals surface area contributed by atoms with Crippen molar-refractivity contribution in [1.29, 1.82) is 0 Å². The molecule has 0 heterocycles. The lowest BCUT2D eigenvalue weighted by atomic mass is 10.1. The molecule has 0 spiro atoms. The summed E-state index contributed by atoms with van der Waals surface area (Å²) in [5.74, 6) is 0.245. The summed E-state index contributed by atoms with van der Waals surface area (Å²) in [5.41, 5.74) is -0.357. The van der Waals surface area contributed by atoms with E-state index in [0.717, 1.165) is 12.1 Å². The molecule has 0 aliphatic heterocycles. The predicted molar refractivity (Wildman–Crippen MR) is 76.6 cm³/mol. The van der Waals surface area contributed by atoms with Gasteiger partial charge < -0.3 is 4.74 Å². The molecule has 8 heteroatoms. The molecule has 0 saturated heterocycles. The van der Waals surface area contributed by atoms with E-state index in [-0.39, 0.29) is 18.0 Å². The minimum Gasteiger partial charge on any atom is -0.487 e. The fraction of sp³-hybridized carbons (Fsp3) is 0.143. The zero-order valence-electron chi connectivity index (χ0n) is 10.9. The number of hydrogen-bond acceptors (Lipinski definition) is 3. The van der Waals surface area contributed by atoms with Gasteiger partial charge in [0.25, 0.3) is 5.69 Å². The van der Waals surface area contributed by atoms with Gasteiger partial charge in [-0.05, 0) is 39.7 Å². The fourth-order valence-corrected chi connectivity index (χ4v) is 2.03. The van der Waals surface area contributed by atoms with Crippen molar-refractivity contribution in [3.05, 3.63) is 68.2 Å². The van der Waals surface area contributed by atoms with Crippen molar-refractivity contribution in [2.24, 2.45) is 0 Å². The SMILES string of the molecule is O=[N+]([O-])c1ccc(Br)c(OCc2ccc(C(F)(F)F)cc2)c1. The Balaban J connectivity index is 2.10. The van der Waals surface area contributed by atoms with Crippen LogP contribution < -0.4 is 4.74 Å². The number of nitrogens with zero attached hydrogens (tertiary/aromatic N) is 1. The van der Waals surface area contributed by atoms with Gasteiger partial charge in [0.1, 0.15) is 12.4 Å². The van der Waals surface area contributed by atoms with Gasteiger partial charge in [-0.1, -0.05) is 12.1 Å². The van der Waals surface area contributed by atoms with Crippen molar-refractivity contribution in [2.75, 3.05) is 0 Å². The maximum Gasteiger partial charge on any atom is 0.416 e. The average Bonchev–Trinajstić information content (AvgIpc) is 2.45. The molecule has 0 bridgehead atoms. The Morgan fingerprint density at radius 1 is 1.14 bits per heavy atom. The van der Waals surface area contributed by atoms with Crippen LogP contribution in [0.1, 0.15) is 11.1 Å². The Kier molecular flexibility index (Phi) is 4.70. The lowest BCUT2D eigenvalue weighted by molar-refractivity contribution is -0.385. The van der Waals surface area contributed by atoms with Crippen LogP contribution in [-0.4, -0.2) is 4.92 Å². The molecule has 0 N–H and O–H groups in total. The predicted octanol–water partition coefficient (Wildman–Crippen LogP) is 4.96. The molecule has 0 aliphatic carbocycles. The topological polar surface area (TPSA) is 52.4 Å². The van der Waals surface area contributed by atoms with Crippen LogP contribution in [0.15, 0.2) is 46.9 Å². The molecule has 0 atom stereocenters. The summed E-state index contributed by atoms with van der Waals surface area (Å²) in [6, 6.07) is 8.55. The van der Waals surface area contributed by atoms with Crippen molar-refractivity contribution in [3.8, 4) is 5.75 Å². The van der Waals surface area contributed by atoms with E-state index in [1.807, 2.05) is 0 Å². The molecule has 0 saturated carbocycles. The van der Waals surface area contributed by atoms with Gasteiger partial charge in [-0.25, -0.2) is 0 Å². The molecule has 2 aromatic carbocycles. The molecule has 0 aliphatic rings. The van der Waals surface area contributed by atoms with Gasteiger partial charge in [-0.2, -0.15) is 13.2 Å². The van der Waals surface area contributed by atoms with E-state index in [2.05, 4.69) is 15.9 Å². The summed E-state index contributed by atoms with van der Waals surface area (Å²) in [7, 11) is 0. The van der Waals surface area contributed by atoms with E-state index in [0.29, 0.717) is 10.0 Å².